The maximum absolute atomic E-state index is 13.5. The number of anilines is 1. The van der Waals surface area contributed by atoms with Crippen molar-refractivity contribution in [3.05, 3.63) is 44.6 Å². The molecule has 0 unspecified atom stereocenters. The van der Waals surface area contributed by atoms with Crippen LogP contribution in [0.3, 0.4) is 0 Å². The van der Waals surface area contributed by atoms with Gasteiger partial charge < -0.3 is 5.32 Å². The van der Waals surface area contributed by atoms with Gasteiger partial charge in [0.05, 0.1) is 16.9 Å². The van der Waals surface area contributed by atoms with Crippen molar-refractivity contribution in [2.45, 2.75) is 6.92 Å². The molecule has 1 aromatic carbocycles. The van der Waals surface area contributed by atoms with Gasteiger partial charge in [-0.2, -0.15) is 0 Å². The average molecular weight is 315 g/mol. The molecular weight excluding hydrogens is 307 g/mol. The molecule has 0 spiro atoms. The van der Waals surface area contributed by atoms with Crippen LogP contribution in [0.1, 0.15) is 15.4 Å². The fraction of sp³-hybridized carbons (Fsp3) is 0.0909. The minimum Gasteiger partial charge on any atom is -0.319 e. The zero-order valence-corrected chi connectivity index (χ0v) is 11.2. The van der Waals surface area contributed by atoms with E-state index in [0.29, 0.717) is 15.0 Å². The first-order valence-corrected chi connectivity index (χ1v) is 6.41. The molecule has 0 saturated heterocycles. The first-order valence-electron chi connectivity index (χ1n) is 4.74. The van der Waals surface area contributed by atoms with Gasteiger partial charge in [-0.3, -0.25) is 4.79 Å². The van der Waals surface area contributed by atoms with Crippen LogP contribution in [0.2, 0.25) is 0 Å². The van der Waals surface area contributed by atoms with E-state index in [1.807, 2.05) is 0 Å². The predicted molar refractivity (Wildman–Crippen MR) is 68.9 cm³/mol. The topological polar surface area (TPSA) is 42.0 Å². The number of thiazole rings is 1. The number of hydrogen-bond donors (Lipinski definition) is 1. The second kappa shape index (κ2) is 4.93. The molecule has 3 nitrogen and oxygen atoms in total. The smallest absolute Gasteiger partial charge is 0.267 e. The molecule has 88 valence electrons. The van der Waals surface area contributed by atoms with E-state index >= 15 is 0 Å². The highest BCUT2D eigenvalue weighted by atomic mass is 79.9. The van der Waals surface area contributed by atoms with Crippen molar-refractivity contribution in [1.29, 1.82) is 0 Å². The Hall–Kier alpha value is -1.27. The third-order valence-electron chi connectivity index (χ3n) is 2.13. The minimum absolute atomic E-state index is 0.158. The van der Waals surface area contributed by atoms with Crippen LogP contribution < -0.4 is 5.32 Å². The second-order valence-electron chi connectivity index (χ2n) is 3.35. The van der Waals surface area contributed by atoms with Crippen molar-refractivity contribution in [3.8, 4) is 0 Å². The minimum atomic E-state index is -0.477. The number of nitrogens with zero attached hydrogens (tertiary/aromatic N) is 1. The summed E-state index contributed by atoms with van der Waals surface area (Å²) in [5.74, 6) is -0.818. The monoisotopic (exact) mass is 314 g/mol. The molecule has 0 bridgehead atoms. The molecule has 2 aromatic rings. The summed E-state index contributed by atoms with van der Waals surface area (Å²) in [6, 6.07) is 4.47. The zero-order valence-electron chi connectivity index (χ0n) is 8.83. The lowest BCUT2D eigenvalue weighted by atomic mass is 10.3. The number of halogens is 2. The lowest BCUT2D eigenvalue weighted by Crippen LogP contribution is -2.12. The van der Waals surface area contributed by atoms with Crippen molar-refractivity contribution in [3.63, 3.8) is 0 Å². The highest BCUT2D eigenvalue weighted by Gasteiger charge is 2.13. The Balaban J connectivity index is 2.22. The third-order valence-corrected chi connectivity index (χ3v) is 3.55. The fourth-order valence-corrected chi connectivity index (χ4v) is 2.32. The first-order chi connectivity index (χ1) is 8.08. The largest absolute Gasteiger partial charge is 0.319 e. The number of rotatable bonds is 2. The summed E-state index contributed by atoms with van der Waals surface area (Å²) >= 11 is 4.38. The maximum Gasteiger partial charge on any atom is 0.267 e. The molecule has 0 saturated carbocycles. The molecule has 1 N–H and O–H groups in total. The van der Waals surface area contributed by atoms with Crippen LogP contribution in [-0.4, -0.2) is 10.9 Å². The Morgan fingerprint density at radius 1 is 1.53 bits per heavy atom. The molecule has 0 aliphatic rings. The lowest BCUT2D eigenvalue weighted by molar-refractivity contribution is 0.102. The van der Waals surface area contributed by atoms with Crippen LogP contribution in [0.5, 0.6) is 0 Å². The Morgan fingerprint density at radius 2 is 2.29 bits per heavy atom. The van der Waals surface area contributed by atoms with Crippen molar-refractivity contribution >= 4 is 38.9 Å². The van der Waals surface area contributed by atoms with E-state index in [4.69, 9.17) is 0 Å². The SMILES string of the molecule is Cc1ncsc1C(=O)Nc1ccc(Br)cc1F. The van der Waals surface area contributed by atoms with Gasteiger partial charge in [-0.05, 0) is 25.1 Å². The van der Waals surface area contributed by atoms with Crippen molar-refractivity contribution in [2.24, 2.45) is 0 Å². The summed E-state index contributed by atoms with van der Waals surface area (Å²) < 4.78 is 14.1. The molecule has 0 aliphatic carbocycles. The number of hydrogen-bond acceptors (Lipinski definition) is 3. The molecule has 1 amide bonds. The van der Waals surface area contributed by atoms with Crippen LogP contribution in [-0.2, 0) is 0 Å². The number of nitrogens with one attached hydrogen (secondary N) is 1. The third kappa shape index (κ3) is 2.70. The Bertz CT molecular complexity index is 570. The van der Waals surface area contributed by atoms with Gasteiger partial charge in [0.25, 0.3) is 5.91 Å². The van der Waals surface area contributed by atoms with E-state index in [2.05, 4.69) is 26.2 Å². The van der Waals surface area contributed by atoms with Gasteiger partial charge in [-0.15, -0.1) is 11.3 Å². The van der Waals surface area contributed by atoms with Gasteiger partial charge in [0, 0.05) is 4.47 Å². The molecule has 0 atom stereocenters. The number of carbonyl (C=O) groups is 1. The van der Waals surface area contributed by atoms with Gasteiger partial charge in [0.1, 0.15) is 10.7 Å². The normalized spacial score (nSPS) is 10.3. The van der Waals surface area contributed by atoms with Gasteiger partial charge >= 0.3 is 0 Å². The van der Waals surface area contributed by atoms with E-state index in [0.717, 1.165) is 0 Å². The number of carbonyl (C=O) groups excluding carboxylic acids is 1. The van der Waals surface area contributed by atoms with Crippen LogP contribution in [0, 0.1) is 12.7 Å². The zero-order chi connectivity index (χ0) is 12.4. The average Bonchev–Trinajstić information content (AvgIpc) is 2.68. The number of benzene rings is 1. The molecule has 0 radical (unpaired) electrons. The van der Waals surface area contributed by atoms with E-state index in [1.165, 1.54) is 23.5 Å². The standard InChI is InChI=1S/C11H8BrFN2OS/c1-6-10(17-5-14-6)11(16)15-9-3-2-7(12)4-8(9)13/h2-5H,1H3,(H,15,16). The molecule has 0 fully saturated rings. The quantitative estimate of drug-likeness (QED) is 0.920. The Labute approximate surface area is 110 Å². The van der Waals surface area contributed by atoms with Crippen molar-refractivity contribution in [1.82, 2.24) is 4.98 Å². The van der Waals surface area contributed by atoms with E-state index in [-0.39, 0.29) is 11.6 Å². The summed E-state index contributed by atoms with van der Waals surface area (Å²) in [6.45, 7) is 1.74. The molecule has 17 heavy (non-hydrogen) atoms. The summed E-state index contributed by atoms with van der Waals surface area (Å²) in [5, 5.41) is 2.52. The molecule has 0 aliphatic heterocycles. The summed E-state index contributed by atoms with van der Waals surface area (Å²) in [5.41, 5.74) is 2.39. The highest BCUT2D eigenvalue weighted by Crippen LogP contribution is 2.21. The molecule has 2 rings (SSSR count). The number of aromatic nitrogens is 1. The van der Waals surface area contributed by atoms with Crippen LogP contribution in [0.25, 0.3) is 0 Å². The predicted octanol–water partition coefficient (Wildman–Crippen LogP) is 3.61. The van der Waals surface area contributed by atoms with Gasteiger partial charge in [-0.25, -0.2) is 9.37 Å². The van der Waals surface area contributed by atoms with Crippen LogP contribution in [0.15, 0.2) is 28.2 Å². The lowest BCUT2D eigenvalue weighted by Gasteiger charge is -2.05. The van der Waals surface area contributed by atoms with E-state index in [1.54, 1.807) is 18.5 Å². The number of aryl methyl sites for hydroxylation is 1. The first kappa shape index (κ1) is 12.2. The molecular formula is C11H8BrFN2OS. The van der Waals surface area contributed by atoms with E-state index < -0.39 is 5.82 Å². The maximum atomic E-state index is 13.5. The van der Waals surface area contributed by atoms with Gasteiger partial charge in [0.2, 0.25) is 0 Å². The molecule has 1 heterocycles. The van der Waals surface area contributed by atoms with Crippen molar-refractivity contribution < 1.29 is 9.18 Å². The highest BCUT2D eigenvalue weighted by molar-refractivity contribution is 9.10. The summed E-state index contributed by atoms with van der Waals surface area (Å²) in [4.78, 5) is 16.3. The number of amides is 1. The van der Waals surface area contributed by atoms with Crippen LogP contribution in [0.4, 0.5) is 10.1 Å². The van der Waals surface area contributed by atoms with Crippen molar-refractivity contribution in [2.75, 3.05) is 5.32 Å². The fourth-order valence-electron chi connectivity index (χ4n) is 1.29. The van der Waals surface area contributed by atoms with E-state index in [9.17, 15) is 9.18 Å². The Morgan fingerprint density at radius 3 is 2.88 bits per heavy atom. The second-order valence-corrected chi connectivity index (χ2v) is 5.12. The van der Waals surface area contributed by atoms with Gasteiger partial charge in [-0.1, -0.05) is 15.9 Å². The summed E-state index contributed by atoms with van der Waals surface area (Å²) in [7, 11) is 0. The summed E-state index contributed by atoms with van der Waals surface area (Å²) in [6.07, 6.45) is 0. The molecule has 1 aromatic heterocycles. The van der Waals surface area contributed by atoms with Crippen LogP contribution >= 0.6 is 27.3 Å². The Kier molecular flexibility index (Phi) is 3.54. The van der Waals surface area contributed by atoms with Gasteiger partial charge in [0.15, 0.2) is 0 Å². The molecule has 6 heteroatoms.